The molecule has 0 spiro atoms. The molecule has 3 rings (SSSR count). The predicted octanol–water partition coefficient (Wildman–Crippen LogP) is -0.455. The molecule has 1 aromatic rings. The van der Waals surface area contributed by atoms with Gasteiger partial charge in [-0.2, -0.15) is 0 Å². The molecule has 2 atom stereocenters. The fourth-order valence-corrected chi connectivity index (χ4v) is 4.55. The topological polar surface area (TPSA) is 68.1 Å². The summed E-state index contributed by atoms with van der Waals surface area (Å²) in [4.78, 5) is 28.5. The van der Waals surface area contributed by atoms with Crippen LogP contribution in [0.2, 0.25) is 0 Å². The third-order valence-corrected chi connectivity index (χ3v) is 6.30. The van der Waals surface area contributed by atoms with E-state index in [0.29, 0.717) is 13.1 Å². The summed E-state index contributed by atoms with van der Waals surface area (Å²) in [6.07, 6.45) is 1.75. The molecule has 1 N–H and O–H groups in total. The molecule has 2 saturated heterocycles. The number of carboxylic acids is 1. The Kier molecular flexibility index (Phi) is 6.88. The van der Waals surface area contributed by atoms with Crippen LogP contribution in [0.4, 0.5) is 10.1 Å². The molecular weight excluding hydrogens is 361 g/mol. The van der Waals surface area contributed by atoms with Gasteiger partial charge in [-0.1, -0.05) is 0 Å². The molecule has 1 amide bonds. The number of nitrogens with one attached hydrogen (secondary N) is 1. The molecule has 2 heterocycles. The average molecular weight is 391 g/mol. The molecular formula is C21H30FN3O3. The Balaban J connectivity index is 1.50. The molecule has 28 heavy (non-hydrogen) atoms. The molecule has 2 aliphatic heterocycles. The summed E-state index contributed by atoms with van der Waals surface area (Å²) in [6, 6.07) is 6.64. The molecule has 2 aliphatic rings. The lowest BCUT2D eigenvalue weighted by Crippen LogP contribution is -3.15. The second-order valence-corrected chi connectivity index (χ2v) is 8.10. The van der Waals surface area contributed by atoms with Gasteiger partial charge in [-0.15, -0.1) is 0 Å². The van der Waals surface area contributed by atoms with Crippen molar-refractivity contribution in [2.75, 3.05) is 50.7 Å². The summed E-state index contributed by atoms with van der Waals surface area (Å²) >= 11 is 0. The molecule has 2 fully saturated rings. The first kappa shape index (κ1) is 20.6. The summed E-state index contributed by atoms with van der Waals surface area (Å²) in [7, 11) is 0. The molecule has 0 saturated carbocycles. The Morgan fingerprint density at radius 3 is 2.43 bits per heavy atom. The standard InChI is InChI=1S/C21H30FN3O3/c1-16(26)25-9-7-17(14-21(27)28)18(15-25)6-8-23-10-12-24(13-11-23)20-4-2-19(22)3-5-20/h2-5,17-18H,6-15H2,1H3,(H,27,28)/t17-,18-/m0/s1. The predicted molar refractivity (Wildman–Crippen MR) is 102 cm³/mol. The van der Waals surface area contributed by atoms with Gasteiger partial charge in [0.25, 0.3) is 0 Å². The number of amides is 1. The fourth-order valence-electron chi connectivity index (χ4n) is 4.55. The maximum atomic E-state index is 13.1. The highest BCUT2D eigenvalue weighted by molar-refractivity contribution is 5.73. The first-order valence-electron chi connectivity index (χ1n) is 10.2. The van der Waals surface area contributed by atoms with Gasteiger partial charge >= 0.3 is 0 Å². The van der Waals surface area contributed by atoms with Crippen molar-refractivity contribution in [2.24, 2.45) is 11.8 Å². The van der Waals surface area contributed by atoms with Crippen LogP contribution in [0.3, 0.4) is 0 Å². The van der Waals surface area contributed by atoms with E-state index in [0.717, 1.165) is 51.3 Å². The number of piperidine rings is 1. The van der Waals surface area contributed by atoms with Gasteiger partial charge in [-0.3, -0.25) is 4.79 Å². The lowest BCUT2D eigenvalue weighted by Gasteiger charge is -2.40. The van der Waals surface area contributed by atoms with Gasteiger partial charge in [0.05, 0.1) is 32.7 Å². The number of nitrogens with zero attached hydrogens (tertiary/aromatic N) is 2. The summed E-state index contributed by atoms with van der Waals surface area (Å²) in [5, 5.41) is 11.1. The van der Waals surface area contributed by atoms with Crippen molar-refractivity contribution in [1.82, 2.24) is 4.90 Å². The number of rotatable bonds is 6. The van der Waals surface area contributed by atoms with Gasteiger partial charge in [-0.05, 0) is 48.9 Å². The van der Waals surface area contributed by atoms with Crippen LogP contribution in [-0.4, -0.2) is 62.6 Å². The highest BCUT2D eigenvalue weighted by Crippen LogP contribution is 2.28. The van der Waals surface area contributed by atoms with E-state index in [9.17, 15) is 19.1 Å². The maximum Gasteiger partial charge on any atom is 0.219 e. The van der Waals surface area contributed by atoms with Crippen molar-refractivity contribution in [3.8, 4) is 0 Å². The third-order valence-electron chi connectivity index (χ3n) is 6.30. The number of likely N-dealkylation sites (tertiary alicyclic amines) is 1. The third kappa shape index (κ3) is 5.44. The van der Waals surface area contributed by atoms with Gasteiger partial charge in [0.1, 0.15) is 5.82 Å². The minimum Gasteiger partial charge on any atom is -0.550 e. The van der Waals surface area contributed by atoms with Crippen molar-refractivity contribution < 1.29 is 24.0 Å². The summed E-state index contributed by atoms with van der Waals surface area (Å²) in [5.74, 6) is -0.825. The van der Waals surface area contributed by atoms with Crippen molar-refractivity contribution in [3.05, 3.63) is 30.1 Å². The number of quaternary nitrogens is 1. The first-order chi connectivity index (χ1) is 13.4. The van der Waals surface area contributed by atoms with E-state index in [2.05, 4.69) is 4.90 Å². The number of piperazine rings is 1. The van der Waals surface area contributed by atoms with Crippen LogP contribution < -0.4 is 14.9 Å². The zero-order valence-electron chi connectivity index (χ0n) is 16.5. The molecule has 0 radical (unpaired) electrons. The summed E-state index contributed by atoms with van der Waals surface area (Å²) < 4.78 is 13.1. The van der Waals surface area contributed by atoms with Crippen molar-refractivity contribution in [3.63, 3.8) is 0 Å². The number of hydrogen-bond donors (Lipinski definition) is 1. The molecule has 0 aliphatic carbocycles. The zero-order chi connectivity index (χ0) is 20.1. The van der Waals surface area contributed by atoms with E-state index in [1.165, 1.54) is 17.0 Å². The second-order valence-electron chi connectivity index (χ2n) is 8.10. The van der Waals surface area contributed by atoms with Gasteiger partial charge in [0.15, 0.2) is 0 Å². The average Bonchev–Trinajstić information content (AvgIpc) is 2.67. The number of benzene rings is 1. The fraction of sp³-hybridized carbons (Fsp3) is 0.619. The Morgan fingerprint density at radius 2 is 1.82 bits per heavy atom. The van der Waals surface area contributed by atoms with E-state index in [1.54, 1.807) is 6.92 Å². The molecule has 6 nitrogen and oxygen atoms in total. The molecule has 7 heteroatoms. The highest BCUT2D eigenvalue weighted by Gasteiger charge is 2.31. The monoisotopic (exact) mass is 391 g/mol. The van der Waals surface area contributed by atoms with E-state index in [-0.39, 0.29) is 30.0 Å². The number of carboxylic acid groups (broad SMARTS) is 1. The van der Waals surface area contributed by atoms with Crippen molar-refractivity contribution in [2.45, 2.75) is 26.2 Å². The molecule has 154 valence electrons. The smallest absolute Gasteiger partial charge is 0.219 e. The van der Waals surface area contributed by atoms with Gasteiger partial charge < -0.3 is 24.6 Å². The molecule has 0 aromatic heterocycles. The van der Waals surface area contributed by atoms with Gasteiger partial charge in [0.2, 0.25) is 5.91 Å². The second kappa shape index (κ2) is 9.37. The van der Waals surface area contributed by atoms with E-state index in [1.807, 2.05) is 17.0 Å². The zero-order valence-corrected chi connectivity index (χ0v) is 16.5. The molecule has 0 bridgehead atoms. The number of aliphatic carboxylic acids is 1. The maximum absolute atomic E-state index is 13.1. The molecule has 1 aromatic carbocycles. The number of carbonyl (C=O) groups is 2. The SMILES string of the molecule is CC(=O)N1CC[C@@H](CC(=O)[O-])[C@@H](CC[NH+]2CCN(c3ccc(F)cc3)CC2)C1. The quantitative estimate of drug-likeness (QED) is 0.713. The normalized spacial score (nSPS) is 23.6. The Bertz CT molecular complexity index is 674. The number of halogens is 1. The largest absolute Gasteiger partial charge is 0.550 e. The van der Waals surface area contributed by atoms with Crippen LogP contribution in [0.5, 0.6) is 0 Å². The van der Waals surface area contributed by atoms with Gasteiger partial charge in [-0.25, -0.2) is 4.39 Å². The van der Waals surface area contributed by atoms with E-state index >= 15 is 0 Å². The minimum absolute atomic E-state index is 0.0668. The van der Waals surface area contributed by atoms with Crippen LogP contribution >= 0.6 is 0 Å². The van der Waals surface area contributed by atoms with Crippen molar-refractivity contribution >= 4 is 17.6 Å². The van der Waals surface area contributed by atoms with Crippen LogP contribution in [-0.2, 0) is 9.59 Å². The molecule has 0 unspecified atom stereocenters. The van der Waals surface area contributed by atoms with Crippen LogP contribution in [0.15, 0.2) is 24.3 Å². The Labute approximate surface area is 165 Å². The van der Waals surface area contributed by atoms with Gasteiger partial charge in [0, 0.05) is 38.1 Å². The highest BCUT2D eigenvalue weighted by atomic mass is 19.1. The van der Waals surface area contributed by atoms with Crippen molar-refractivity contribution in [1.29, 1.82) is 0 Å². The number of anilines is 1. The summed E-state index contributed by atoms with van der Waals surface area (Å²) in [5.41, 5.74) is 1.05. The first-order valence-corrected chi connectivity index (χ1v) is 10.2. The van der Waals surface area contributed by atoms with Crippen LogP contribution in [0.25, 0.3) is 0 Å². The minimum atomic E-state index is -0.994. The lowest BCUT2D eigenvalue weighted by molar-refractivity contribution is -0.901. The number of carbonyl (C=O) groups excluding carboxylic acids is 2. The lowest BCUT2D eigenvalue weighted by atomic mass is 9.81. The number of hydrogen-bond acceptors (Lipinski definition) is 4. The Morgan fingerprint density at radius 1 is 1.14 bits per heavy atom. The van der Waals surface area contributed by atoms with Crippen LogP contribution in [0, 0.1) is 17.7 Å². The van der Waals surface area contributed by atoms with E-state index < -0.39 is 5.97 Å². The van der Waals surface area contributed by atoms with Crippen LogP contribution in [0.1, 0.15) is 26.2 Å². The van der Waals surface area contributed by atoms with E-state index in [4.69, 9.17) is 0 Å². The Hall–Kier alpha value is -2.15. The summed E-state index contributed by atoms with van der Waals surface area (Å²) in [6.45, 7) is 7.72.